The largest absolute Gasteiger partial charge is 0.352 e. The standard InChI is InChI=1S/C14H10ClF2N3/c15-9-1-2-12-13(5-9)20-14(19-12)18-7-8-3-10(16)6-11(17)4-8/h1-6H,7H2,(H2,18,19,20). The van der Waals surface area contributed by atoms with Crippen LogP contribution in [0, 0.1) is 11.6 Å². The SMILES string of the molecule is Fc1cc(F)cc(CNc2nc3ccc(Cl)cc3[nH]2)c1. The third kappa shape index (κ3) is 2.72. The maximum Gasteiger partial charge on any atom is 0.201 e. The van der Waals surface area contributed by atoms with Crippen LogP contribution < -0.4 is 5.32 Å². The summed E-state index contributed by atoms with van der Waals surface area (Å²) in [4.78, 5) is 7.34. The van der Waals surface area contributed by atoms with Gasteiger partial charge in [0.25, 0.3) is 0 Å². The molecule has 6 heteroatoms. The average Bonchev–Trinajstić information content (AvgIpc) is 2.77. The zero-order chi connectivity index (χ0) is 14.1. The van der Waals surface area contributed by atoms with Crippen molar-refractivity contribution in [1.29, 1.82) is 0 Å². The van der Waals surface area contributed by atoms with Gasteiger partial charge in [-0.05, 0) is 35.9 Å². The molecule has 0 unspecified atom stereocenters. The monoisotopic (exact) mass is 293 g/mol. The van der Waals surface area contributed by atoms with Gasteiger partial charge in [-0.25, -0.2) is 13.8 Å². The Morgan fingerprint density at radius 1 is 1.10 bits per heavy atom. The summed E-state index contributed by atoms with van der Waals surface area (Å²) in [5.41, 5.74) is 2.06. The van der Waals surface area contributed by atoms with Crippen LogP contribution in [-0.2, 0) is 6.54 Å². The molecular formula is C14H10ClF2N3. The maximum atomic E-state index is 13.1. The first kappa shape index (κ1) is 12.9. The van der Waals surface area contributed by atoms with E-state index in [0.29, 0.717) is 16.5 Å². The molecule has 0 saturated carbocycles. The number of aromatic nitrogens is 2. The van der Waals surface area contributed by atoms with Gasteiger partial charge in [-0.2, -0.15) is 0 Å². The molecule has 0 aliphatic heterocycles. The van der Waals surface area contributed by atoms with E-state index in [1.165, 1.54) is 12.1 Å². The molecule has 1 aromatic heterocycles. The predicted molar refractivity (Wildman–Crippen MR) is 74.8 cm³/mol. The quantitative estimate of drug-likeness (QED) is 0.763. The van der Waals surface area contributed by atoms with E-state index in [4.69, 9.17) is 11.6 Å². The number of aromatic amines is 1. The number of benzene rings is 2. The first-order valence-corrected chi connectivity index (χ1v) is 6.32. The summed E-state index contributed by atoms with van der Waals surface area (Å²) in [5, 5.41) is 3.59. The lowest BCUT2D eigenvalue weighted by molar-refractivity contribution is 0.580. The van der Waals surface area contributed by atoms with Crippen molar-refractivity contribution < 1.29 is 8.78 Å². The van der Waals surface area contributed by atoms with Crippen LogP contribution in [0.25, 0.3) is 11.0 Å². The van der Waals surface area contributed by atoms with Gasteiger partial charge >= 0.3 is 0 Å². The van der Waals surface area contributed by atoms with Crippen molar-refractivity contribution in [1.82, 2.24) is 9.97 Å². The molecular weight excluding hydrogens is 284 g/mol. The summed E-state index contributed by atoms with van der Waals surface area (Å²) in [5.74, 6) is -0.677. The second kappa shape index (κ2) is 5.09. The number of halogens is 3. The van der Waals surface area contributed by atoms with Crippen molar-refractivity contribution in [3.63, 3.8) is 0 Å². The molecule has 0 spiro atoms. The van der Waals surface area contributed by atoms with Gasteiger partial charge in [0, 0.05) is 17.6 Å². The van der Waals surface area contributed by atoms with Crippen molar-refractivity contribution >= 4 is 28.6 Å². The number of imidazole rings is 1. The van der Waals surface area contributed by atoms with Crippen LogP contribution >= 0.6 is 11.6 Å². The highest BCUT2D eigenvalue weighted by Gasteiger charge is 2.04. The van der Waals surface area contributed by atoms with E-state index in [1.807, 2.05) is 0 Å². The highest BCUT2D eigenvalue weighted by Crippen LogP contribution is 2.19. The minimum Gasteiger partial charge on any atom is -0.352 e. The lowest BCUT2D eigenvalue weighted by atomic mass is 10.2. The van der Waals surface area contributed by atoms with E-state index in [0.717, 1.165) is 17.1 Å². The van der Waals surface area contributed by atoms with Crippen molar-refractivity contribution in [2.75, 3.05) is 5.32 Å². The second-order valence-corrected chi connectivity index (χ2v) is 4.81. The normalized spacial score (nSPS) is 10.9. The summed E-state index contributed by atoms with van der Waals surface area (Å²) in [6.45, 7) is 0.266. The predicted octanol–water partition coefficient (Wildman–Crippen LogP) is 4.11. The average molecular weight is 294 g/mol. The van der Waals surface area contributed by atoms with Gasteiger partial charge in [-0.15, -0.1) is 0 Å². The fourth-order valence-corrected chi connectivity index (χ4v) is 2.14. The van der Waals surface area contributed by atoms with E-state index in [1.54, 1.807) is 18.2 Å². The van der Waals surface area contributed by atoms with Gasteiger partial charge < -0.3 is 10.3 Å². The van der Waals surface area contributed by atoms with Crippen LogP contribution in [0.4, 0.5) is 14.7 Å². The fraction of sp³-hybridized carbons (Fsp3) is 0.0714. The minimum atomic E-state index is -0.599. The van der Waals surface area contributed by atoms with Crippen molar-refractivity contribution in [2.24, 2.45) is 0 Å². The Hall–Kier alpha value is -2.14. The molecule has 0 aliphatic carbocycles. The summed E-state index contributed by atoms with van der Waals surface area (Å²) >= 11 is 5.88. The van der Waals surface area contributed by atoms with Crippen LogP contribution in [0.2, 0.25) is 5.02 Å². The lowest BCUT2D eigenvalue weighted by Crippen LogP contribution is -2.01. The van der Waals surface area contributed by atoms with Gasteiger partial charge in [-0.1, -0.05) is 11.6 Å². The van der Waals surface area contributed by atoms with Crippen LogP contribution in [0.3, 0.4) is 0 Å². The van der Waals surface area contributed by atoms with E-state index in [-0.39, 0.29) is 6.54 Å². The van der Waals surface area contributed by atoms with Crippen LogP contribution in [0.15, 0.2) is 36.4 Å². The first-order chi connectivity index (χ1) is 9.60. The Kier molecular flexibility index (Phi) is 3.28. The van der Waals surface area contributed by atoms with Crippen LogP contribution in [0.5, 0.6) is 0 Å². The molecule has 0 bridgehead atoms. The number of nitrogens with zero attached hydrogens (tertiary/aromatic N) is 1. The molecule has 0 aliphatic rings. The molecule has 0 fully saturated rings. The first-order valence-electron chi connectivity index (χ1n) is 5.94. The Bertz CT molecular complexity index is 750. The smallest absolute Gasteiger partial charge is 0.201 e. The number of nitrogens with one attached hydrogen (secondary N) is 2. The second-order valence-electron chi connectivity index (χ2n) is 4.38. The van der Waals surface area contributed by atoms with Gasteiger partial charge in [-0.3, -0.25) is 0 Å². The molecule has 0 amide bonds. The fourth-order valence-electron chi connectivity index (χ4n) is 1.96. The maximum absolute atomic E-state index is 13.1. The third-order valence-electron chi connectivity index (χ3n) is 2.83. The van der Waals surface area contributed by atoms with Gasteiger partial charge in [0.1, 0.15) is 11.6 Å². The number of hydrogen-bond acceptors (Lipinski definition) is 2. The lowest BCUT2D eigenvalue weighted by Gasteiger charge is -2.03. The Balaban J connectivity index is 1.79. The summed E-state index contributed by atoms with van der Waals surface area (Å²) in [7, 11) is 0. The summed E-state index contributed by atoms with van der Waals surface area (Å²) < 4.78 is 26.1. The third-order valence-corrected chi connectivity index (χ3v) is 3.06. The molecule has 3 rings (SSSR count). The van der Waals surface area contributed by atoms with Crippen molar-refractivity contribution in [3.05, 3.63) is 58.6 Å². The van der Waals surface area contributed by atoms with Crippen molar-refractivity contribution in [2.45, 2.75) is 6.54 Å². The zero-order valence-corrected chi connectivity index (χ0v) is 11.0. The molecule has 2 N–H and O–H groups in total. The highest BCUT2D eigenvalue weighted by atomic mass is 35.5. The number of H-pyrrole nitrogens is 1. The van der Waals surface area contributed by atoms with Gasteiger partial charge in [0.2, 0.25) is 5.95 Å². The number of rotatable bonds is 3. The van der Waals surface area contributed by atoms with E-state index in [9.17, 15) is 8.78 Å². The zero-order valence-electron chi connectivity index (χ0n) is 10.3. The van der Waals surface area contributed by atoms with Gasteiger partial charge in [0.05, 0.1) is 11.0 Å². The van der Waals surface area contributed by atoms with E-state index >= 15 is 0 Å². The summed E-state index contributed by atoms with van der Waals surface area (Å²) in [6.07, 6.45) is 0. The molecule has 102 valence electrons. The van der Waals surface area contributed by atoms with E-state index in [2.05, 4.69) is 15.3 Å². The molecule has 1 heterocycles. The van der Waals surface area contributed by atoms with Crippen molar-refractivity contribution in [3.8, 4) is 0 Å². The molecule has 3 aromatic rings. The summed E-state index contributed by atoms with van der Waals surface area (Å²) in [6, 6.07) is 8.69. The van der Waals surface area contributed by atoms with Crippen LogP contribution in [-0.4, -0.2) is 9.97 Å². The molecule has 0 radical (unpaired) electrons. The molecule has 0 atom stereocenters. The number of hydrogen-bond donors (Lipinski definition) is 2. The van der Waals surface area contributed by atoms with Gasteiger partial charge in [0.15, 0.2) is 0 Å². The molecule has 3 nitrogen and oxygen atoms in total. The van der Waals surface area contributed by atoms with E-state index < -0.39 is 11.6 Å². The number of anilines is 1. The topological polar surface area (TPSA) is 40.7 Å². The van der Waals surface area contributed by atoms with Crippen LogP contribution in [0.1, 0.15) is 5.56 Å². The Morgan fingerprint density at radius 2 is 1.85 bits per heavy atom. The molecule has 0 saturated heterocycles. The highest BCUT2D eigenvalue weighted by molar-refractivity contribution is 6.31. The molecule has 20 heavy (non-hydrogen) atoms. The Morgan fingerprint density at radius 3 is 2.60 bits per heavy atom. The molecule has 2 aromatic carbocycles. The Labute approximate surface area is 118 Å². The number of fused-ring (bicyclic) bond motifs is 1. The minimum absolute atomic E-state index is 0.266.